The Labute approximate surface area is 146 Å². The second-order valence-electron chi connectivity index (χ2n) is 5.98. The topological polar surface area (TPSA) is 64.3 Å². The van der Waals surface area contributed by atoms with Crippen LogP contribution in [0.5, 0.6) is 5.75 Å². The Hall–Kier alpha value is -1.26. The molecule has 4 nitrogen and oxygen atoms in total. The number of halogens is 1. The molecule has 1 unspecified atom stereocenters. The molecule has 0 spiro atoms. The molecule has 1 atom stereocenters. The van der Waals surface area contributed by atoms with Crippen LogP contribution in [0.25, 0.3) is 0 Å². The maximum Gasteiger partial charge on any atom is 0.220 e. The maximum absolute atomic E-state index is 12.0. The molecule has 0 aliphatic carbocycles. The average Bonchev–Trinajstić information content (AvgIpc) is 2.46. The Bertz CT molecular complexity index is 452. The van der Waals surface area contributed by atoms with Gasteiger partial charge in [-0.05, 0) is 57.9 Å². The predicted molar refractivity (Wildman–Crippen MR) is 98.2 cm³/mol. The first-order valence-corrected chi connectivity index (χ1v) is 8.29. The molecule has 5 heteroatoms. The largest absolute Gasteiger partial charge is 0.491 e. The number of benzene rings is 1. The van der Waals surface area contributed by atoms with Crippen molar-refractivity contribution in [2.24, 2.45) is 5.73 Å². The number of ether oxygens (including phenoxy) is 1. The van der Waals surface area contributed by atoms with E-state index in [-0.39, 0.29) is 30.5 Å². The van der Waals surface area contributed by atoms with Crippen LogP contribution in [0.15, 0.2) is 24.3 Å². The molecular formula is C18H31ClN2O2. The highest BCUT2D eigenvalue weighted by Crippen LogP contribution is 2.20. The number of hydrogen-bond donors (Lipinski definition) is 2. The molecule has 0 aromatic heterocycles. The highest BCUT2D eigenvalue weighted by molar-refractivity contribution is 5.85. The van der Waals surface area contributed by atoms with Gasteiger partial charge in [-0.15, -0.1) is 12.4 Å². The van der Waals surface area contributed by atoms with Crippen molar-refractivity contribution >= 4 is 18.3 Å². The van der Waals surface area contributed by atoms with Crippen molar-refractivity contribution < 1.29 is 9.53 Å². The summed E-state index contributed by atoms with van der Waals surface area (Å²) in [5.41, 5.74) is 6.52. The van der Waals surface area contributed by atoms with E-state index in [0.29, 0.717) is 6.42 Å². The van der Waals surface area contributed by atoms with Gasteiger partial charge in [0.2, 0.25) is 5.91 Å². The van der Waals surface area contributed by atoms with Gasteiger partial charge < -0.3 is 15.8 Å². The van der Waals surface area contributed by atoms with Crippen molar-refractivity contribution in [3.05, 3.63) is 29.8 Å². The molecule has 1 aromatic carbocycles. The zero-order valence-electron chi connectivity index (χ0n) is 14.5. The minimum atomic E-state index is -0.00717. The van der Waals surface area contributed by atoms with E-state index in [2.05, 4.69) is 5.32 Å². The van der Waals surface area contributed by atoms with E-state index in [4.69, 9.17) is 10.5 Å². The summed E-state index contributed by atoms with van der Waals surface area (Å²) in [7, 11) is 0. The zero-order valence-corrected chi connectivity index (χ0v) is 15.3. The standard InChI is InChI=1S/C18H30N2O2.ClH/c1-14(2)22-17-10-8-9-16(13-17)15(3)20-18(21)11-6-4-5-7-12-19;/h8-10,13-15H,4-7,11-12,19H2,1-3H3,(H,20,21);1H. The smallest absolute Gasteiger partial charge is 0.220 e. The summed E-state index contributed by atoms with van der Waals surface area (Å²) in [6.07, 6.45) is 4.87. The van der Waals surface area contributed by atoms with Gasteiger partial charge in [0.15, 0.2) is 0 Å². The van der Waals surface area contributed by atoms with Crippen LogP contribution < -0.4 is 15.8 Å². The van der Waals surface area contributed by atoms with Crippen molar-refractivity contribution in [3.63, 3.8) is 0 Å². The Morgan fingerprint density at radius 1 is 1.17 bits per heavy atom. The Morgan fingerprint density at radius 2 is 1.87 bits per heavy atom. The van der Waals surface area contributed by atoms with Crippen LogP contribution in [-0.4, -0.2) is 18.6 Å². The van der Waals surface area contributed by atoms with Crippen LogP contribution in [0.4, 0.5) is 0 Å². The molecule has 1 amide bonds. The van der Waals surface area contributed by atoms with Gasteiger partial charge in [-0.3, -0.25) is 4.79 Å². The van der Waals surface area contributed by atoms with Gasteiger partial charge in [-0.2, -0.15) is 0 Å². The maximum atomic E-state index is 12.0. The highest BCUT2D eigenvalue weighted by Gasteiger charge is 2.10. The van der Waals surface area contributed by atoms with Crippen molar-refractivity contribution in [1.29, 1.82) is 0 Å². The highest BCUT2D eigenvalue weighted by atomic mass is 35.5. The lowest BCUT2D eigenvalue weighted by Gasteiger charge is -2.16. The lowest BCUT2D eigenvalue weighted by atomic mass is 10.1. The molecule has 0 bridgehead atoms. The molecular weight excluding hydrogens is 312 g/mol. The van der Waals surface area contributed by atoms with Gasteiger partial charge in [0.25, 0.3) is 0 Å². The van der Waals surface area contributed by atoms with Crippen LogP contribution in [0, 0.1) is 0 Å². The molecule has 1 rings (SSSR count). The predicted octanol–water partition coefficient (Wildman–Crippen LogP) is 3.98. The number of rotatable bonds is 10. The molecule has 0 saturated carbocycles. The van der Waals surface area contributed by atoms with E-state index in [0.717, 1.165) is 43.5 Å². The minimum Gasteiger partial charge on any atom is -0.491 e. The third-order valence-corrected chi connectivity index (χ3v) is 3.47. The van der Waals surface area contributed by atoms with E-state index < -0.39 is 0 Å². The van der Waals surface area contributed by atoms with Crippen LogP contribution in [0.2, 0.25) is 0 Å². The van der Waals surface area contributed by atoms with Crippen LogP contribution in [0.3, 0.4) is 0 Å². The quantitative estimate of drug-likeness (QED) is 0.632. The summed E-state index contributed by atoms with van der Waals surface area (Å²) < 4.78 is 5.69. The fourth-order valence-electron chi connectivity index (χ4n) is 2.31. The number of nitrogens with one attached hydrogen (secondary N) is 1. The number of hydrogen-bond acceptors (Lipinski definition) is 3. The summed E-state index contributed by atoms with van der Waals surface area (Å²) >= 11 is 0. The lowest BCUT2D eigenvalue weighted by Crippen LogP contribution is -2.26. The number of carbonyl (C=O) groups excluding carboxylic acids is 1. The number of unbranched alkanes of at least 4 members (excludes halogenated alkanes) is 3. The Morgan fingerprint density at radius 3 is 2.52 bits per heavy atom. The van der Waals surface area contributed by atoms with Gasteiger partial charge in [0.05, 0.1) is 12.1 Å². The second-order valence-corrected chi connectivity index (χ2v) is 5.98. The number of amides is 1. The molecule has 0 saturated heterocycles. The summed E-state index contributed by atoms with van der Waals surface area (Å²) in [6.45, 7) is 6.74. The Balaban J connectivity index is 0.00000484. The molecule has 1 aromatic rings. The zero-order chi connectivity index (χ0) is 16.4. The van der Waals surface area contributed by atoms with E-state index in [1.165, 1.54) is 0 Å². The first-order valence-electron chi connectivity index (χ1n) is 8.29. The molecule has 132 valence electrons. The SMILES string of the molecule is CC(C)Oc1cccc(C(C)NC(=O)CCCCCCN)c1.Cl. The molecule has 0 fully saturated rings. The van der Waals surface area contributed by atoms with Gasteiger partial charge in [-0.25, -0.2) is 0 Å². The van der Waals surface area contributed by atoms with Crippen molar-refractivity contribution in [2.75, 3.05) is 6.54 Å². The molecule has 0 heterocycles. The Kier molecular flexibility index (Phi) is 11.5. The summed E-state index contributed by atoms with van der Waals surface area (Å²) in [5, 5.41) is 3.05. The van der Waals surface area contributed by atoms with E-state index in [1.807, 2.05) is 45.0 Å². The van der Waals surface area contributed by atoms with Gasteiger partial charge in [0, 0.05) is 6.42 Å². The van der Waals surface area contributed by atoms with Crippen LogP contribution in [0.1, 0.15) is 64.5 Å². The summed E-state index contributed by atoms with van der Waals surface area (Å²) in [6, 6.07) is 7.90. The van der Waals surface area contributed by atoms with Gasteiger partial charge >= 0.3 is 0 Å². The molecule has 0 aliphatic heterocycles. The van der Waals surface area contributed by atoms with Crippen molar-refractivity contribution in [3.8, 4) is 5.75 Å². The monoisotopic (exact) mass is 342 g/mol. The van der Waals surface area contributed by atoms with Gasteiger partial charge in [-0.1, -0.05) is 25.0 Å². The molecule has 3 N–H and O–H groups in total. The third-order valence-electron chi connectivity index (χ3n) is 3.47. The third kappa shape index (κ3) is 9.47. The van der Waals surface area contributed by atoms with E-state index >= 15 is 0 Å². The summed E-state index contributed by atoms with van der Waals surface area (Å²) in [5.74, 6) is 0.950. The molecule has 0 aliphatic rings. The van der Waals surface area contributed by atoms with Gasteiger partial charge in [0.1, 0.15) is 5.75 Å². The normalized spacial score (nSPS) is 11.7. The fourth-order valence-corrected chi connectivity index (χ4v) is 2.31. The van der Waals surface area contributed by atoms with Crippen molar-refractivity contribution in [2.45, 2.75) is 65.0 Å². The van der Waals surface area contributed by atoms with Crippen molar-refractivity contribution in [1.82, 2.24) is 5.32 Å². The second kappa shape index (κ2) is 12.2. The molecule has 0 radical (unpaired) electrons. The fraction of sp³-hybridized carbons (Fsp3) is 0.611. The van der Waals surface area contributed by atoms with E-state index in [1.54, 1.807) is 0 Å². The lowest BCUT2D eigenvalue weighted by molar-refractivity contribution is -0.121. The van der Waals surface area contributed by atoms with E-state index in [9.17, 15) is 4.79 Å². The van der Waals surface area contributed by atoms with Crippen LogP contribution in [-0.2, 0) is 4.79 Å². The van der Waals surface area contributed by atoms with Crippen LogP contribution >= 0.6 is 12.4 Å². The molecule has 23 heavy (non-hydrogen) atoms. The minimum absolute atomic E-state index is 0. The first kappa shape index (κ1) is 21.7. The number of carbonyl (C=O) groups is 1. The average molecular weight is 343 g/mol. The summed E-state index contributed by atoms with van der Waals surface area (Å²) in [4.78, 5) is 12.0. The number of nitrogens with two attached hydrogens (primary N) is 1. The first-order chi connectivity index (χ1) is 10.5.